The molecule has 0 radical (unpaired) electrons. The minimum atomic E-state index is -4.27. The van der Waals surface area contributed by atoms with Crippen LogP contribution in [0.2, 0.25) is 0 Å². The molecule has 1 unspecified atom stereocenters. The Bertz CT molecular complexity index is 1410. The third-order valence-electron chi connectivity index (χ3n) is 5.91. The standard InChI is InChI=1S/C22H25N3O2.C7H8O3S/c1-5-21(26)23-17-10-13-20-19(15-17)25(6-2)22(27-20)14-9-16-7-11-18(12-8-16)24(3)4;1-6-2-4-7(5-3-6)11(8,9)10/h5,7-8,10-15H,1,6,9H2,2-4H3,(H,23,26);2-5H,1H3,(H,8,9,10). The van der Waals surface area contributed by atoms with E-state index < -0.39 is 10.1 Å². The van der Waals surface area contributed by atoms with Crippen LogP contribution < -0.4 is 19.9 Å². The molecule has 0 aliphatic carbocycles. The van der Waals surface area contributed by atoms with Gasteiger partial charge in [0.25, 0.3) is 5.88 Å². The molecule has 0 spiro atoms. The lowest BCUT2D eigenvalue weighted by Gasteiger charge is -2.12. The number of amides is 1. The smallest absolute Gasteiger partial charge is 0.296 e. The normalized spacial score (nSPS) is 15.1. The summed E-state index contributed by atoms with van der Waals surface area (Å²) in [6.07, 6.45) is 4.20. The molecule has 0 bridgehead atoms. The molecule has 4 rings (SSSR count). The van der Waals surface area contributed by atoms with Gasteiger partial charge in [0.05, 0.1) is 11.4 Å². The molecule has 1 aliphatic heterocycles. The highest BCUT2D eigenvalue weighted by Crippen LogP contribution is 2.31. The summed E-state index contributed by atoms with van der Waals surface area (Å²) in [4.78, 5) is 14.6. The number of benzene rings is 3. The number of allylic oxidation sites excluding steroid dienone is 1. The van der Waals surface area contributed by atoms with Gasteiger partial charge >= 0.3 is 0 Å². The molecule has 1 atom stereocenters. The van der Waals surface area contributed by atoms with Gasteiger partial charge in [-0.05, 0) is 68.3 Å². The second-order valence-corrected chi connectivity index (χ2v) is 10.3. The highest BCUT2D eigenvalue weighted by Gasteiger charge is 2.31. The van der Waals surface area contributed by atoms with E-state index in [0.717, 1.165) is 46.4 Å². The van der Waals surface area contributed by atoms with Gasteiger partial charge in [-0.1, -0.05) is 36.4 Å². The number of hydrogen-bond acceptors (Lipinski definition) is 6. The van der Waals surface area contributed by atoms with Crippen LogP contribution in [0.15, 0.2) is 96.2 Å². The lowest BCUT2D eigenvalue weighted by molar-refractivity contribution is -0.793. The van der Waals surface area contributed by atoms with E-state index in [9.17, 15) is 17.8 Å². The van der Waals surface area contributed by atoms with Crippen molar-refractivity contribution in [3.63, 3.8) is 0 Å². The van der Waals surface area contributed by atoms with Crippen molar-refractivity contribution in [3.8, 4) is 5.75 Å². The molecule has 3 aromatic rings. The Morgan fingerprint density at radius 3 is 2.29 bits per heavy atom. The summed E-state index contributed by atoms with van der Waals surface area (Å²) in [5.74, 6) is 1.51. The average molecular weight is 536 g/mol. The highest BCUT2D eigenvalue weighted by atomic mass is 32.2. The van der Waals surface area contributed by atoms with Crippen molar-refractivity contribution in [2.75, 3.05) is 30.9 Å². The zero-order chi connectivity index (χ0) is 27.9. The molecule has 3 aromatic carbocycles. The first-order valence-corrected chi connectivity index (χ1v) is 13.5. The molecular formula is C29H33N3O5S. The second-order valence-electron chi connectivity index (χ2n) is 8.94. The molecule has 200 valence electrons. The number of hydrogen-bond donors (Lipinski definition) is 2. The van der Waals surface area contributed by atoms with Crippen LogP contribution in [0.5, 0.6) is 5.75 Å². The number of fused-ring (bicyclic) bond motifs is 1. The molecular weight excluding hydrogens is 502 g/mol. The lowest BCUT2D eigenvalue weighted by atomic mass is 10.1. The van der Waals surface area contributed by atoms with Crippen LogP contribution in [0.3, 0.4) is 0 Å². The molecule has 1 heterocycles. The third kappa shape index (κ3) is 7.55. The van der Waals surface area contributed by atoms with Gasteiger partial charge in [0.15, 0.2) is 11.4 Å². The second kappa shape index (κ2) is 12.6. The molecule has 0 saturated heterocycles. The zero-order valence-corrected chi connectivity index (χ0v) is 22.8. The topological polar surface area (TPSA) is 103 Å². The SMILES string of the molecule is C=CC(=O)Nc1ccc2c(c1)[NH+](CC)C(=CCc1ccc(N(C)C)cc1)O2.Cc1ccc(S(=O)(=O)[O-])cc1. The van der Waals surface area contributed by atoms with Gasteiger partial charge in [-0.2, -0.15) is 0 Å². The van der Waals surface area contributed by atoms with E-state index in [1.807, 2.05) is 39.2 Å². The minimum absolute atomic E-state index is 0.178. The zero-order valence-electron chi connectivity index (χ0n) is 22.0. The first-order chi connectivity index (χ1) is 18.0. The number of nitrogens with one attached hydrogen (secondary N) is 2. The van der Waals surface area contributed by atoms with Gasteiger partial charge in [0, 0.05) is 37.6 Å². The van der Waals surface area contributed by atoms with Crippen molar-refractivity contribution in [2.24, 2.45) is 0 Å². The Morgan fingerprint density at radius 1 is 1.08 bits per heavy atom. The van der Waals surface area contributed by atoms with Gasteiger partial charge in [-0.15, -0.1) is 0 Å². The summed E-state index contributed by atoms with van der Waals surface area (Å²) in [5.41, 5.74) is 5.13. The van der Waals surface area contributed by atoms with Crippen molar-refractivity contribution < 1.29 is 27.4 Å². The molecule has 1 aliphatic rings. The Morgan fingerprint density at radius 2 is 1.74 bits per heavy atom. The molecule has 0 fully saturated rings. The maximum absolute atomic E-state index is 11.5. The van der Waals surface area contributed by atoms with E-state index in [1.54, 1.807) is 12.1 Å². The van der Waals surface area contributed by atoms with Crippen LogP contribution in [0.4, 0.5) is 17.1 Å². The van der Waals surface area contributed by atoms with Gasteiger partial charge in [0.1, 0.15) is 10.1 Å². The number of aryl methyl sites for hydroxylation is 1. The van der Waals surface area contributed by atoms with E-state index in [2.05, 4.69) is 54.1 Å². The molecule has 1 amide bonds. The molecule has 0 saturated carbocycles. The van der Waals surface area contributed by atoms with Crippen molar-refractivity contribution in [1.29, 1.82) is 0 Å². The molecule has 0 aromatic heterocycles. The average Bonchev–Trinajstić information content (AvgIpc) is 3.24. The van der Waals surface area contributed by atoms with Crippen LogP contribution >= 0.6 is 0 Å². The maximum Gasteiger partial charge on any atom is 0.296 e. The van der Waals surface area contributed by atoms with Crippen molar-refractivity contribution in [1.82, 2.24) is 0 Å². The van der Waals surface area contributed by atoms with E-state index in [0.29, 0.717) is 0 Å². The monoisotopic (exact) mass is 535 g/mol. The molecule has 9 heteroatoms. The van der Waals surface area contributed by atoms with Gasteiger partial charge in [0.2, 0.25) is 5.91 Å². The first-order valence-electron chi connectivity index (χ1n) is 12.1. The quantitative estimate of drug-likeness (QED) is 0.353. The number of nitrogens with zero attached hydrogens (tertiary/aromatic N) is 1. The number of carbonyl (C=O) groups excluding carboxylic acids is 1. The largest absolute Gasteiger partial charge is 0.744 e. The van der Waals surface area contributed by atoms with Gasteiger partial charge in [-0.25, -0.2) is 13.3 Å². The Balaban J connectivity index is 0.000000304. The van der Waals surface area contributed by atoms with E-state index in [1.165, 1.54) is 29.5 Å². The van der Waals surface area contributed by atoms with Crippen molar-refractivity contribution in [2.45, 2.75) is 25.2 Å². The fourth-order valence-corrected chi connectivity index (χ4v) is 4.28. The van der Waals surface area contributed by atoms with Crippen LogP contribution in [-0.4, -0.2) is 39.5 Å². The number of anilines is 2. The predicted molar refractivity (Wildman–Crippen MR) is 149 cm³/mol. The van der Waals surface area contributed by atoms with Crippen LogP contribution in [0.1, 0.15) is 18.1 Å². The summed E-state index contributed by atoms with van der Waals surface area (Å²) < 4.78 is 37.2. The van der Waals surface area contributed by atoms with Gasteiger partial charge in [-0.3, -0.25) is 4.79 Å². The molecule has 2 N–H and O–H groups in total. The molecule has 8 nitrogen and oxygen atoms in total. The predicted octanol–water partition coefficient (Wildman–Crippen LogP) is 3.79. The summed E-state index contributed by atoms with van der Waals surface area (Å²) in [6.45, 7) is 8.28. The Hall–Kier alpha value is -3.92. The summed E-state index contributed by atoms with van der Waals surface area (Å²) in [7, 11) is -0.197. The number of carbonyl (C=O) groups is 1. The fourth-order valence-electron chi connectivity index (χ4n) is 3.81. The summed E-state index contributed by atoms with van der Waals surface area (Å²) in [5, 5.41) is 2.80. The molecule has 38 heavy (non-hydrogen) atoms. The maximum atomic E-state index is 11.5. The fraction of sp³-hybridized carbons (Fsp3) is 0.207. The van der Waals surface area contributed by atoms with Gasteiger partial charge < -0.3 is 19.5 Å². The number of quaternary nitrogens is 1. The first kappa shape index (κ1) is 28.6. The van der Waals surface area contributed by atoms with Crippen molar-refractivity contribution >= 4 is 33.1 Å². The minimum Gasteiger partial charge on any atom is -0.744 e. The summed E-state index contributed by atoms with van der Waals surface area (Å²) in [6, 6.07) is 20.0. The van der Waals surface area contributed by atoms with E-state index in [4.69, 9.17) is 4.74 Å². The Labute approximate surface area is 224 Å². The van der Waals surface area contributed by atoms with E-state index in [-0.39, 0.29) is 10.8 Å². The lowest BCUT2D eigenvalue weighted by Crippen LogP contribution is -3.04. The number of rotatable bonds is 7. The van der Waals surface area contributed by atoms with Crippen LogP contribution in [0, 0.1) is 6.92 Å². The summed E-state index contributed by atoms with van der Waals surface area (Å²) >= 11 is 0. The third-order valence-corrected chi connectivity index (χ3v) is 6.76. The highest BCUT2D eigenvalue weighted by molar-refractivity contribution is 7.85. The van der Waals surface area contributed by atoms with Crippen molar-refractivity contribution in [3.05, 3.63) is 102 Å². The van der Waals surface area contributed by atoms with Crippen LogP contribution in [-0.2, 0) is 21.3 Å². The number of ether oxygens (including phenoxy) is 1. The van der Waals surface area contributed by atoms with E-state index >= 15 is 0 Å². The van der Waals surface area contributed by atoms with Crippen LogP contribution in [0.25, 0.3) is 0 Å². The Kier molecular flexibility index (Phi) is 9.46.